The molecule has 90 valence electrons. The molecule has 0 bridgehead atoms. The Kier molecular flexibility index (Phi) is 2.32. The van der Waals surface area contributed by atoms with Gasteiger partial charge in [0.2, 0.25) is 0 Å². The first-order valence-electron chi connectivity index (χ1n) is 6.77. The number of hydrogen-bond donors (Lipinski definition) is 0. The van der Waals surface area contributed by atoms with Crippen molar-refractivity contribution in [3.05, 3.63) is 41.6 Å². The van der Waals surface area contributed by atoms with Crippen LogP contribution in [0.15, 0.2) is 36.0 Å². The third kappa shape index (κ3) is 1.25. The molecule has 1 aromatic carbocycles. The normalized spacial score (nSPS) is 30.9. The van der Waals surface area contributed by atoms with Crippen LogP contribution in [-0.2, 0) is 5.41 Å². The second-order valence-corrected chi connectivity index (χ2v) is 5.53. The van der Waals surface area contributed by atoms with Gasteiger partial charge in [0.15, 0.2) is 0 Å². The first-order chi connectivity index (χ1) is 8.19. The van der Waals surface area contributed by atoms with E-state index in [4.69, 9.17) is 0 Å². The predicted molar refractivity (Wildman–Crippen MR) is 73.3 cm³/mol. The second-order valence-electron chi connectivity index (χ2n) is 5.53. The molecule has 1 nitrogen and oxygen atoms in total. The Bertz CT molecular complexity index is 474. The van der Waals surface area contributed by atoms with Crippen molar-refractivity contribution in [2.45, 2.75) is 39.0 Å². The van der Waals surface area contributed by atoms with Gasteiger partial charge in [-0.3, -0.25) is 0 Å². The molecule has 0 saturated heterocycles. The highest BCUT2D eigenvalue weighted by atomic mass is 15.2. The quantitative estimate of drug-likeness (QED) is 0.698. The zero-order chi connectivity index (χ0) is 12.0. The maximum Gasteiger partial charge on any atom is 0.0450 e. The molecule has 0 N–H and O–H groups in total. The average Bonchev–Trinajstić information content (AvgIpc) is 2.61. The van der Waals surface area contributed by atoms with Gasteiger partial charge in [-0.1, -0.05) is 31.2 Å². The number of rotatable bonds is 1. The van der Waals surface area contributed by atoms with Crippen LogP contribution in [0.25, 0.3) is 0 Å². The number of nitrogens with zero attached hydrogens (tertiary/aromatic N) is 1. The molecule has 1 aliphatic heterocycles. The van der Waals surface area contributed by atoms with Crippen LogP contribution in [0.4, 0.5) is 5.69 Å². The molecule has 1 heteroatoms. The van der Waals surface area contributed by atoms with E-state index in [1.54, 1.807) is 5.70 Å². The zero-order valence-corrected chi connectivity index (χ0v) is 11.0. The number of hydrogen-bond acceptors (Lipinski definition) is 1. The highest BCUT2D eigenvalue weighted by Crippen LogP contribution is 2.54. The van der Waals surface area contributed by atoms with Crippen molar-refractivity contribution in [2.75, 3.05) is 11.4 Å². The number of allylic oxidation sites excluding steroid dienone is 2. The molecule has 0 aromatic heterocycles. The summed E-state index contributed by atoms with van der Waals surface area (Å²) < 4.78 is 0. The van der Waals surface area contributed by atoms with Crippen molar-refractivity contribution in [2.24, 2.45) is 5.92 Å². The zero-order valence-electron chi connectivity index (χ0n) is 11.0. The Morgan fingerprint density at radius 3 is 2.88 bits per heavy atom. The van der Waals surface area contributed by atoms with E-state index in [1.165, 1.54) is 24.1 Å². The fourth-order valence-corrected chi connectivity index (χ4v) is 3.64. The fourth-order valence-electron chi connectivity index (χ4n) is 3.64. The van der Waals surface area contributed by atoms with Gasteiger partial charge in [0, 0.05) is 23.3 Å². The molecule has 1 aromatic rings. The number of benzene rings is 1. The first-order valence-corrected chi connectivity index (χ1v) is 6.77. The van der Waals surface area contributed by atoms with Crippen molar-refractivity contribution in [3.8, 4) is 0 Å². The number of para-hydroxylation sites is 1. The minimum atomic E-state index is 0.241. The van der Waals surface area contributed by atoms with Gasteiger partial charge in [0.05, 0.1) is 0 Å². The van der Waals surface area contributed by atoms with Crippen molar-refractivity contribution >= 4 is 5.69 Å². The fraction of sp³-hybridized carbons (Fsp3) is 0.500. The Morgan fingerprint density at radius 1 is 1.35 bits per heavy atom. The summed E-state index contributed by atoms with van der Waals surface area (Å²) in [7, 11) is 0. The van der Waals surface area contributed by atoms with Crippen LogP contribution in [0.5, 0.6) is 0 Å². The Hall–Kier alpha value is -1.24. The van der Waals surface area contributed by atoms with Crippen molar-refractivity contribution < 1.29 is 0 Å². The third-order valence-corrected chi connectivity index (χ3v) is 4.82. The van der Waals surface area contributed by atoms with E-state index >= 15 is 0 Å². The summed E-state index contributed by atoms with van der Waals surface area (Å²) in [6.07, 6.45) is 5.01. The predicted octanol–water partition coefficient (Wildman–Crippen LogP) is 4.10. The van der Waals surface area contributed by atoms with E-state index in [2.05, 4.69) is 56.0 Å². The first kappa shape index (κ1) is 10.9. The van der Waals surface area contributed by atoms with E-state index in [0.29, 0.717) is 0 Å². The molecule has 1 heterocycles. The summed E-state index contributed by atoms with van der Waals surface area (Å²) in [5.41, 5.74) is 4.74. The molecule has 0 amide bonds. The van der Waals surface area contributed by atoms with Crippen molar-refractivity contribution in [1.82, 2.24) is 0 Å². The van der Waals surface area contributed by atoms with Gasteiger partial charge in [0.25, 0.3) is 0 Å². The van der Waals surface area contributed by atoms with Crippen LogP contribution < -0.4 is 4.90 Å². The summed E-state index contributed by atoms with van der Waals surface area (Å²) in [5.74, 6) is 0.736. The average molecular weight is 227 g/mol. The molecule has 0 saturated carbocycles. The molecular formula is C16H21N. The molecule has 3 rings (SSSR count). The molecule has 2 unspecified atom stereocenters. The van der Waals surface area contributed by atoms with E-state index in [1.807, 2.05) is 0 Å². The molecule has 0 spiro atoms. The number of anilines is 1. The molecule has 2 atom stereocenters. The number of fused-ring (bicyclic) bond motifs is 3. The van der Waals surface area contributed by atoms with Gasteiger partial charge in [-0.2, -0.15) is 0 Å². The van der Waals surface area contributed by atoms with E-state index in [-0.39, 0.29) is 5.41 Å². The van der Waals surface area contributed by atoms with Crippen LogP contribution in [0.3, 0.4) is 0 Å². The lowest BCUT2D eigenvalue weighted by Crippen LogP contribution is -2.36. The minimum absolute atomic E-state index is 0.241. The van der Waals surface area contributed by atoms with E-state index < -0.39 is 0 Å². The maximum absolute atomic E-state index is 2.50. The van der Waals surface area contributed by atoms with Crippen molar-refractivity contribution in [1.29, 1.82) is 0 Å². The molecule has 2 aliphatic rings. The topological polar surface area (TPSA) is 3.24 Å². The minimum Gasteiger partial charge on any atom is -0.345 e. The molecule has 17 heavy (non-hydrogen) atoms. The van der Waals surface area contributed by atoms with Crippen LogP contribution >= 0.6 is 0 Å². The van der Waals surface area contributed by atoms with E-state index in [0.717, 1.165) is 12.5 Å². The van der Waals surface area contributed by atoms with Gasteiger partial charge in [-0.15, -0.1) is 0 Å². The highest BCUT2D eigenvalue weighted by molar-refractivity contribution is 5.71. The maximum atomic E-state index is 2.50. The largest absolute Gasteiger partial charge is 0.345 e. The summed E-state index contributed by atoms with van der Waals surface area (Å²) >= 11 is 0. The second kappa shape index (κ2) is 3.63. The van der Waals surface area contributed by atoms with Gasteiger partial charge < -0.3 is 4.90 Å². The summed E-state index contributed by atoms with van der Waals surface area (Å²) in [4.78, 5) is 2.50. The van der Waals surface area contributed by atoms with Gasteiger partial charge in [0.1, 0.15) is 0 Å². The summed E-state index contributed by atoms with van der Waals surface area (Å²) in [6, 6.07) is 8.94. The Morgan fingerprint density at radius 2 is 2.12 bits per heavy atom. The molecule has 0 radical (unpaired) electrons. The van der Waals surface area contributed by atoms with Crippen LogP contribution in [0, 0.1) is 5.92 Å². The standard InChI is InChI=1S/C16H21N/c1-4-17-14-10-6-5-9-13(14)16(3)12(2)8-7-11-15(16)17/h5-6,9-12H,4,7-8H2,1-3H3. The Balaban J connectivity index is 2.25. The summed E-state index contributed by atoms with van der Waals surface area (Å²) in [5, 5.41) is 0. The van der Waals surface area contributed by atoms with Crippen molar-refractivity contribution in [3.63, 3.8) is 0 Å². The van der Waals surface area contributed by atoms with Gasteiger partial charge in [-0.05, 0) is 44.2 Å². The molecule has 0 fully saturated rings. The molecular weight excluding hydrogens is 206 g/mol. The van der Waals surface area contributed by atoms with Crippen LogP contribution in [0.1, 0.15) is 39.2 Å². The lowest BCUT2D eigenvalue weighted by Gasteiger charge is -2.38. The van der Waals surface area contributed by atoms with Gasteiger partial charge in [-0.25, -0.2) is 0 Å². The Labute approximate surface area is 104 Å². The third-order valence-electron chi connectivity index (χ3n) is 4.82. The lowest BCUT2D eigenvalue weighted by atomic mass is 9.67. The highest BCUT2D eigenvalue weighted by Gasteiger charge is 2.47. The summed E-state index contributed by atoms with van der Waals surface area (Å²) in [6.45, 7) is 8.16. The monoisotopic (exact) mass is 227 g/mol. The van der Waals surface area contributed by atoms with Crippen LogP contribution in [-0.4, -0.2) is 6.54 Å². The van der Waals surface area contributed by atoms with Gasteiger partial charge >= 0.3 is 0 Å². The number of likely N-dealkylation sites (N-methyl/N-ethyl adjacent to an activating group) is 1. The smallest absolute Gasteiger partial charge is 0.0450 e. The van der Waals surface area contributed by atoms with E-state index in [9.17, 15) is 0 Å². The molecule has 1 aliphatic carbocycles. The van der Waals surface area contributed by atoms with Crippen LogP contribution in [0.2, 0.25) is 0 Å². The SMILES string of the molecule is CCN1C2=CCCC(C)C2(C)c2ccccc21. The lowest BCUT2D eigenvalue weighted by molar-refractivity contribution is 0.335.